The Hall–Kier alpha value is -0.890. The second-order valence-electron chi connectivity index (χ2n) is 8.74. The first-order chi connectivity index (χ1) is 11.1. The molecule has 0 saturated heterocycles. The van der Waals surface area contributed by atoms with E-state index in [0.717, 1.165) is 30.6 Å². The maximum Gasteiger partial charge on any atom is 0.162 e. The van der Waals surface area contributed by atoms with E-state index in [4.69, 9.17) is 5.11 Å². The van der Waals surface area contributed by atoms with Crippen LogP contribution in [-0.2, 0) is 4.79 Å². The second kappa shape index (κ2) is 5.88. The Morgan fingerprint density at radius 3 is 2.96 bits per heavy atom. The molecule has 0 aromatic carbocycles. The van der Waals surface area contributed by atoms with Crippen LogP contribution < -0.4 is 0 Å². The van der Waals surface area contributed by atoms with Crippen LogP contribution in [0.4, 0.5) is 0 Å². The van der Waals surface area contributed by atoms with E-state index in [2.05, 4.69) is 6.92 Å². The van der Waals surface area contributed by atoms with E-state index in [1.807, 2.05) is 12.2 Å². The van der Waals surface area contributed by atoms with Crippen molar-refractivity contribution in [2.24, 2.45) is 35.0 Å². The molecule has 1 unspecified atom stereocenters. The fourth-order valence-electron chi connectivity index (χ4n) is 6.60. The van der Waals surface area contributed by atoms with Crippen LogP contribution in [0, 0.1) is 35.0 Å². The van der Waals surface area contributed by atoms with Crippen molar-refractivity contribution in [2.75, 3.05) is 6.61 Å². The van der Waals surface area contributed by atoms with Gasteiger partial charge in [0.2, 0.25) is 0 Å². The van der Waals surface area contributed by atoms with Gasteiger partial charge in [-0.1, -0.05) is 31.1 Å². The van der Waals surface area contributed by atoms with Gasteiger partial charge in [0, 0.05) is 5.92 Å². The third kappa shape index (κ3) is 2.54. The molecule has 3 fully saturated rings. The lowest BCUT2D eigenvalue weighted by Gasteiger charge is -2.53. The van der Waals surface area contributed by atoms with Gasteiger partial charge in [0.05, 0.1) is 6.61 Å². The summed E-state index contributed by atoms with van der Waals surface area (Å²) in [6.07, 6.45) is 16.2. The van der Waals surface area contributed by atoms with Crippen LogP contribution in [0.15, 0.2) is 23.8 Å². The molecule has 2 nitrogen and oxygen atoms in total. The van der Waals surface area contributed by atoms with Gasteiger partial charge in [-0.15, -0.1) is 0 Å². The van der Waals surface area contributed by atoms with Crippen LogP contribution >= 0.6 is 0 Å². The van der Waals surface area contributed by atoms with E-state index in [9.17, 15) is 4.79 Å². The third-order valence-corrected chi connectivity index (χ3v) is 7.71. The van der Waals surface area contributed by atoms with Crippen LogP contribution in [0.25, 0.3) is 0 Å². The Kier molecular flexibility index (Phi) is 3.99. The Morgan fingerprint density at radius 2 is 2.13 bits per heavy atom. The van der Waals surface area contributed by atoms with Crippen molar-refractivity contribution in [3.05, 3.63) is 23.8 Å². The molecule has 0 aliphatic heterocycles. The predicted molar refractivity (Wildman–Crippen MR) is 91.8 cm³/mol. The minimum absolute atomic E-state index is 0.00605. The van der Waals surface area contributed by atoms with Gasteiger partial charge in [0.1, 0.15) is 0 Å². The molecular formula is C21H30O2. The third-order valence-electron chi connectivity index (χ3n) is 7.71. The molecule has 23 heavy (non-hydrogen) atoms. The number of carbonyl (C=O) groups is 1. The maximum absolute atomic E-state index is 12.3. The lowest BCUT2D eigenvalue weighted by atomic mass is 9.52. The molecule has 4 rings (SSSR count). The average molecular weight is 314 g/mol. The number of aliphatic hydroxyl groups excluding tert-OH is 1. The monoisotopic (exact) mass is 314 g/mol. The van der Waals surface area contributed by atoms with Crippen LogP contribution in [0.2, 0.25) is 0 Å². The molecule has 1 N–H and O–H groups in total. The molecule has 0 bridgehead atoms. The van der Waals surface area contributed by atoms with Crippen molar-refractivity contribution in [3.63, 3.8) is 0 Å². The van der Waals surface area contributed by atoms with Crippen molar-refractivity contribution >= 4 is 5.78 Å². The Labute approximate surface area is 140 Å². The Bertz CT molecular complexity index is 546. The van der Waals surface area contributed by atoms with Gasteiger partial charge in [-0.3, -0.25) is 4.79 Å². The first-order valence-electron chi connectivity index (χ1n) is 9.64. The lowest BCUT2D eigenvalue weighted by molar-refractivity contribution is -0.118. The topological polar surface area (TPSA) is 37.3 Å². The van der Waals surface area contributed by atoms with Gasteiger partial charge in [0.25, 0.3) is 0 Å². The fraction of sp³-hybridized carbons (Fsp3) is 0.762. The van der Waals surface area contributed by atoms with Crippen molar-refractivity contribution in [1.29, 1.82) is 0 Å². The molecule has 4 aliphatic rings. The predicted octanol–water partition coefficient (Wildman–Crippen LogP) is 4.29. The van der Waals surface area contributed by atoms with Crippen molar-refractivity contribution < 1.29 is 9.90 Å². The fourth-order valence-corrected chi connectivity index (χ4v) is 6.60. The molecule has 2 heteroatoms. The summed E-state index contributed by atoms with van der Waals surface area (Å²) in [6, 6.07) is 0. The Balaban J connectivity index is 1.58. The summed E-state index contributed by atoms with van der Waals surface area (Å²) in [4.78, 5) is 12.3. The van der Waals surface area contributed by atoms with E-state index >= 15 is 0 Å². The highest BCUT2D eigenvalue weighted by atomic mass is 16.2. The highest BCUT2D eigenvalue weighted by Crippen LogP contribution is 2.61. The molecule has 0 aromatic heterocycles. The van der Waals surface area contributed by atoms with E-state index in [0.29, 0.717) is 11.3 Å². The summed E-state index contributed by atoms with van der Waals surface area (Å²) in [6.45, 7) is 2.58. The Morgan fingerprint density at radius 1 is 1.26 bits per heavy atom. The van der Waals surface area contributed by atoms with Crippen molar-refractivity contribution in [3.8, 4) is 0 Å². The summed E-state index contributed by atoms with van der Waals surface area (Å²) in [7, 11) is 0. The van der Waals surface area contributed by atoms with E-state index in [1.165, 1.54) is 44.1 Å². The quantitative estimate of drug-likeness (QED) is 0.772. The zero-order valence-electron chi connectivity index (χ0n) is 14.3. The zero-order valence-corrected chi connectivity index (χ0v) is 14.3. The molecule has 3 saturated carbocycles. The van der Waals surface area contributed by atoms with Crippen molar-refractivity contribution in [2.45, 2.75) is 58.3 Å². The molecule has 6 atom stereocenters. The summed E-state index contributed by atoms with van der Waals surface area (Å²) in [5.41, 5.74) is 2.06. The van der Waals surface area contributed by atoms with Crippen molar-refractivity contribution in [1.82, 2.24) is 0 Å². The summed E-state index contributed by atoms with van der Waals surface area (Å²) in [5.74, 6) is 3.54. The van der Waals surface area contributed by atoms with Gasteiger partial charge < -0.3 is 5.11 Å². The largest absolute Gasteiger partial charge is 0.392 e. The molecule has 0 aromatic rings. The number of carbonyl (C=O) groups excluding carboxylic acids is 1. The molecule has 0 amide bonds. The normalized spacial score (nSPS) is 46.3. The SMILES string of the molecule is C[C@@]12CCC[C@H]1[C@@H]1CCC3=CC(=O)C(C=CCO)C[C@@H]3[C@H]1CC2. The number of hydrogen-bond acceptors (Lipinski definition) is 2. The lowest BCUT2D eigenvalue weighted by Crippen LogP contribution is -2.45. The van der Waals surface area contributed by atoms with Crippen LogP contribution in [-0.4, -0.2) is 17.5 Å². The minimum atomic E-state index is 0.00605. The van der Waals surface area contributed by atoms with Gasteiger partial charge >= 0.3 is 0 Å². The number of aliphatic hydroxyl groups is 1. The number of ketones is 1. The standard InChI is InChI=1S/C21H30O2/c1-21-9-2-5-19(21)17-7-6-14-13-20(23)15(4-3-11-22)12-18(14)16(17)8-10-21/h3-4,13,15-19,22H,2,5-12H2,1H3/t15?,16-,17+,18-,19-,21-/m0/s1. The number of allylic oxidation sites excluding steroid dienone is 2. The summed E-state index contributed by atoms with van der Waals surface area (Å²) in [5, 5.41) is 9.02. The van der Waals surface area contributed by atoms with Crippen LogP contribution in [0.5, 0.6) is 0 Å². The molecule has 0 radical (unpaired) electrons. The minimum Gasteiger partial charge on any atom is -0.392 e. The number of rotatable bonds is 2. The molecule has 0 heterocycles. The van der Waals surface area contributed by atoms with E-state index in [1.54, 1.807) is 6.08 Å². The zero-order chi connectivity index (χ0) is 16.0. The first kappa shape index (κ1) is 15.6. The molecular weight excluding hydrogens is 284 g/mol. The molecule has 126 valence electrons. The number of hydrogen-bond donors (Lipinski definition) is 1. The molecule has 0 spiro atoms. The molecule has 4 aliphatic carbocycles. The van der Waals surface area contributed by atoms with Crippen LogP contribution in [0.3, 0.4) is 0 Å². The van der Waals surface area contributed by atoms with E-state index < -0.39 is 0 Å². The summed E-state index contributed by atoms with van der Waals surface area (Å²) >= 11 is 0. The maximum atomic E-state index is 12.3. The summed E-state index contributed by atoms with van der Waals surface area (Å²) < 4.78 is 0. The average Bonchev–Trinajstić information content (AvgIpc) is 2.94. The first-order valence-corrected chi connectivity index (χ1v) is 9.64. The highest BCUT2D eigenvalue weighted by Gasteiger charge is 2.52. The highest BCUT2D eigenvalue weighted by molar-refractivity contribution is 5.94. The smallest absolute Gasteiger partial charge is 0.162 e. The van der Waals surface area contributed by atoms with Gasteiger partial charge in [0.15, 0.2) is 5.78 Å². The number of fused-ring (bicyclic) bond motifs is 5. The van der Waals surface area contributed by atoms with Gasteiger partial charge in [-0.05, 0) is 80.1 Å². The van der Waals surface area contributed by atoms with E-state index in [-0.39, 0.29) is 18.3 Å². The van der Waals surface area contributed by atoms with Crippen LogP contribution in [0.1, 0.15) is 58.3 Å². The van der Waals surface area contributed by atoms with Gasteiger partial charge in [-0.2, -0.15) is 0 Å². The second-order valence-corrected chi connectivity index (χ2v) is 8.74. The van der Waals surface area contributed by atoms with Gasteiger partial charge in [-0.25, -0.2) is 0 Å².